The highest BCUT2D eigenvalue weighted by atomic mass is 79.9. The van der Waals surface area contributed by atoms with Crippen LogP contribution < -0.4 is 0 Å². The van der Waals surface area contributed by atoms with Crippen LogP contribution in [0.2, 0.25) is 0 Å². The van der Waals surface area contributed by atoms with Crippen LogP contribution in [0.1, 0.15) is 24.0 Å². The van der Waals surface area contributed by atoms with Crippen molar-refractivity contribution in [2.24, 2.45) is 0 Å². The molecular weight excluding hydrogens is 328 g/mol. The molecule has 1 aliphatic rings. The number of halogens is 1. The molecular formula is C18H19BrO2. The molecule has 3 heteroatoms. The van der Waals surface area contributed by atoms with E-state index in [1.807, 2.05) is 36.4 Å². The van der Waals surface area contributed by atoms with E-state index in [1.54, 1.807) is 0 Å². The van der Waals surface area contributed by atoms with Gasteiger partial charge in [-0.25, -0.2) is 0 Å². The van der Waals surface area contributed by atoms with E-state index < -0.39 is 17.6 Å². The largest absolute Gasteiger partial charge is 0.392 e. The molecule has 1 aliphatic carbocycles. The standard InChI is InChI=1S/C18H19BrO2/c19-16-15(20)11-12-18(17(16)21,13-7-3-1-4-8-13)14-9-5-2-6-10-14/h1-10,15-17,20-21H,11-12H2/t15-,16+,17-/m1/s1. The van der Waals surface area contributed by atoms with Crippen molar-refractivity contribution in [3.05, 3.63) is 71.8 Å². The number of rotatable bonds is 2. The van der Waals surface area contributed by atoms with Crippen molar-refractivity contribution in [1.29, 1.82) is 0 Å². The van der Waals surface area contributed by atoms with E-state index in [1.165, 1.54) is 0 Å². The van der Waals surface area contributed by atoms with Crippen molar-refractivity contribution in [1.82, 2.24) is 0 Å². The van der Waals surface area contributed by atoms with Gasteiger partial charge in [-0.15, -0.1) is 0 Å². The minimum atomic E-state index is -0.675. The fourth-order valence-corrected chi connectivity index (χ4v) is 4.15. The van der Waals surface area contributed by atoms with Gasteiger partial charge in [-0.2, -0.15) is 0 Å². The minimum absolute atomic E-state index is 0.327. The van der Waals surface area contributed by atoms with Gasteiger partial charge in [-0.1, -0.05) is 76.6 Å². The molecule has 0 amide bonds. The summed E-state index contributed by atoms with van der Waals surface area (Å²) in [6.45, 7) is 0. The first kappa shape index (κ1) is 14.8. The van der Waals surface area contributed by atoms with Gasteiger partial charge in [0.2, 0.25) is 0 Å². The van der Waals surface area contributed by atoms with Gasteiger partial charge in [0.25, 0.3) is 0 Å². The average molecular weight is 347 g/mol. The van der Waals surface area contributed by atoms with Crippen LogP contribution >= 0.6 is 15.9 Å². The lowest BCUT2D eigenvalue weighted by atomic mass is 9.63. The second kappa shape index (κ2) is 5.91. The maximum Gasteiger partial charge on any atom is 0.0827 e. The third kappa shape index (κ3) is 2.44. The van der Waals surface area contributed by atoms with Crippen LogP contribution in [-0.2, 0) is 5.41 Å². The molecule has 0 aromatic heterocycles. The van der Waals surface area contributed by atoms with Crippen molar-refractivity contribution in [2.45, 2.75) is 35.3 Å². The zero-order valence-corrected chi connectivity index (χ0v) is 13.3. The molecule has 1 fully saturated rings. The van der Waals surface area contributed by atoms with E-state index in [-0.39, 0.29) is 4.83 Å². The van der Waals surface area contributed by atoms with Gasteiger partial charge >= 0.3 is 0 Å². The highest BCUT2D eigenvalue weighted by Crippen LogP contribution is 2.46. The summed E-state index contributed by atoms with van der Waals surface area (Å²) in [5.41, 5.74) is 1.72. The van der Waals surface area contributed by atoms with E-state index in [4.69, 9.17) is 0 Å². The number of benzene rings is 2. The normalized spacial score (nSPS) is 28.2. The number of hydrogen-bond donors (Lipinski definition) is 2. The molecule has 3 atom stereocenters. The Balaban J connectivity index is 2.17. The van der Waals surface area contributed by atoms with Crippen LogP contribution in [0, 0.1) is 0 Å². The third-order valence-corrected chi connectivity index (χ3v) is 5.70. The maximum atomic E-state index is 11.0. The summed E-state index contributed by atoms with van der Waals surface area (Å²) in [6.07, 6.45) is 0.203. The van der Waals surface area contributed by atoms with Crippen molar-refractivity contribution in [3.8, 4) is 0 Å². The summed E-state index contributed by atoms with van der Waals surface area (Å²) in [5.74, 6) is 0. The molecule has 2 nitrogen and oxygen atoms in total. The molecule has 0 heterocycles. The van der Waals surface area contributed by atoms with Crippen LogP contribution in [0.3, 0.4) is 0 Å². The van der Waals surface area contributed by atoms with E-state index >= 15 is 0 Å². The van der Waals surface area contributed by atoms with E-state index in [2.05, 4.69) is 40.2 Å². The Morgan fingerprint density at radius 3 is 1.81 bits per heavy atom. The van der Waals surface area contributed by atoms with Crippen molar-refractivity contribution < 1.29 is 10.2 Å². The van der Waals surface area contributed by atoms with Crippen LogP contribution in [0.25, 0.3) is 0 Å². The monoisotopic (exact) mass is 346 g/mol. The first-order valence-electron chi connectivity index (χ1n) is 7.27. The Labute approximate surface area is 133 Å². The van der Waals surface area contributed by atoms with Crippen LogP contribution in [0.15, 0.2) is 60.7 Å². The average Bonchev–Trinajstić information content (AvgIpc) is 2.55. The summed E-state index contributed by atoms with van der Waals surface area (Å²) < 4.78 is 0. The molecule has 0 spiro atoms. The van der Waals surface area contributed by atoms with Crippen LogP contribution in [-0.4, -0.2) is 27.2 Å². The Hall–Kier alpha value is -1.16. The number of alkyl halides is 1. The first-order valence-corrected chi connectivity index (χ1v) is 8.19. The predicted molar refractivity (Wildman–Crippen MR) is 87.6 cm³/mol. The minimum Gasteiger partial charge on any atom is -0.392 e. The summed E-state index contributed by atoms with van der Waals surface area (Å²) in [7, 11) is 0. The second-order valence-electron chi connectivity index (χ2n) is 5.70. The van der Waals surface area contributed by atoms with Crippen LogP contribution in [0.4, 0.5) is 0 Å². The van der Waals surface area contributed by atoms with Gasteiger partial charge in [0.05, 0.1) is 17.0 Å². The molecule has 110 valence electrons. The molecule has 21 heavy (non-hydrogen) atoms. The third-order valence-electron chi connectivity index (χ3n) is 4.59. The van der Waals surface area contributed by atoms with Gasteiger partial charge < -0.3 is 10.2 Å². The van der Waals surface area contributed by atoms with Crippen molar-refractivity contribution in [2.75, 3.05) is 0 Å². The number of hydrogen-bond acceptors (Lipinski definition) is 2. The van der Waals surface area contributed by atoms with E-state index in [9.17, 15) is 10.2 Å². The molecule has 0 saturated heterocycles. The zero-order chi connectivity index (χ0) is 14.9. The molecule has 0 aliphatic heterocycles. The summed E-state index contributed by atoms with van der Waals surface area (Å²) in [5, 5.41) is 21.0. The summed E-state index contributed by atoms with van der Waals surface area (Å²) >= 11 is 3.49. The molecule has 2 N–H and O–H groups in total. The Morgan fingerprint density at radius 2 is 1.33 bits per heavy atom. The topological polar surface area (TPSA) is 40.5 Å². The SMILES string of the molecule is O[C@@H]1CCC(c2ccccc2)(c2ccccc2)[C@H](O)[C@H]1Br. The molecule has 3 rings (SSSR count). The first-order chi connectivity index (χ1) is 10.2. The summed E-state index contributed by atoms with van der Waals surface area (Å²) in [4.78, 5) is -0.327. The molecule has 1 saturated carbocycles. The maximum absolute atomic E-state index is 11.0. The fourth-order valence-electron chi connectivity index (χ4n) is 3.43. The molecule has 0 bridgehead atoms. The smallest absolute Gasteiger partial charge is 0.0827 e. The Kier molecular flexibility index (Phi) is 4.16. The van der Waals surface area contributed by atoms with E-state index in [0.717, 1.165) is 17.5 Å². The quantitative estimate of drug-likeness (QED) is 0.819. The second-order valence-corrected chi connectivity index (χ2v) is 6.76. The van der Waals surface area contributed by atoms with Gasteiger partial charge in [-0.3, -0.25) is 0 Å². The molecule has 0 unspecified atom stereocenters. The van der Waals surface area contributed by atoms with Gasteiger partial charge in [0, 0.05) is 5.41 Å². The van der Waals surface area contributed by atoms with Gasteiger partial charge in [0.1, 0.15) is 0 Å². The highest BCUT2D eigenvalue weighted by Gasteiger charge is 2.49. The van der Waals surface area contributed by atoms with Crippen LogP contribution in [0.5, 0.6) is 0 Å². The fraction of sp³-hybridized carbons (Fsp3) is 0.333. The van der Waals surface area contributed by atoms with Crippen molar-refractivity contribution in [3.63, 3.8) is 0 Å². The molecule has 2 aromatic carbocycles. The lowest BCUT2D eigenvalue weighted by molar-refractivity contribution is 0.00673. The number of aliphatic hydroxyl groups is 2. The Bertz CT molecular complexity index is 545. The zero-order valence-electron chi connectivity index (χ0n) is 11.7. The number of aliphatic hydroxyl groups excluding tert-OH is 2. The van der Waals surface area contributed by atoms with Crippen molar-refractivity contribution >= 4 is 15.9 Å². The molecule has 2 aromatic rings. The van der Waals surface area contributed by atoms with Gasteiger partial charge in [0.15, 0.2) is 0 Å². The summed E-state index contributed by atoms with van der Waals surface area (Å²) in [6, 6.07) is 20.2. The lowest BCUT2D eigenvalue weighted by Crippen LogP contribution is -2.53. The lowest BCUT2D eigenvalue weighted by Gasteiger charge is -2.46. The Morgan fingerprint density at radius 1 is 0.857 bits per heavy atom. The van der Waals surface area contributed by atoms with Gasteiger partial charge in [-0.05, 0) is 24.0 Å². The van der Waals surface area contributed by atoms with E-state index in [0.29, 0.717) is 6.42 Å². The highest BCUT2D eigenvalue weighted by molar-refractivity contribution is 9.09. The predicted octanol–water partition coefficient (Wildman–Crippen LogP) is 3.25. The molecule has 0 radical (unpaired) electrons.